The third-order valence-electron chi connectivity index (χ3n) is 5.47. The van der Waals surface area contributed by atoms with Crippen molar-refractivity contribution in [1.82, 2.24) is 10.2 Å². The van der Waals surface area contributed by atoms with Crippen LogP contribution in [0.5, 0.6) is 5.75 Å². The Morgan fingerprint density at radius 2 is 1.53 bits per heavy atom. The molecular weight excluding hydrogens is 448 g/mol. The molecule has 3 aromatic carbocycles. The largest absolute Gasteiger partial charge is 0.484 e. The second kappa shape index (κ2) is 13.4. The van der Waals surface area contributed by atoms with Crippen molar-refractivity contribution in [2.24, 2.45) is 0 Å². The van der Waals surface area contributed by atoms with Gasteiger partial charge in [0.15, 0.2) is 6.61 Å². The first-order valence-electron chi connectivity index (χ1n) is 11.6. The summed E-state index contributed by atoms with van der Waals surface area (Å²) in [6.07, 6.45) is 2.28. The van der Waals surface area contributed by atoms with E-state index in [2.05, 4.69) is 12.2 Å². The molecule has 0 fully saturated rings. The molecule has 0 heterocycles. The van der Waals surface area contributed by atoms with Gasteiger partial charge < -0.3 is 15.0 Å². The summed E-state index contributed by atoms with van der Waals surface area (Å²) in [7, 11) is 0. The van der Waals surface area contributed by atoms with E-state index in [0.717, 1.165) is 24.0 Å². The van der Waals surface area contributed by atoms with Crippen LogP contribution in [0.25, 0.3) is 0 Å². The molecule has 178 valence electrons. The third-order valence-corrected chi connectivity index (χ3v) is 5.72. The highest BCUT2D eigenvalue weighted by molar-refractivity contribution is 6.30. The Hall–Kier alpha value is -3.31. The summed E-state index contributed by atoms with van der Waals surface area (Å²) in [5, 5.41) is 3.61. The van der Waals surface area contributed by atoms with E-state index >= 15 is 0 Å². The van der Waals surface area contributed by atoms with E-state index in [1.165, 1.54) is 0 Å². The average Bonchev–Trinajstić information content (AvgIpc) is 2.87. The third kappa shape index (κ3) is 7.92. The molecule has 6 heteroatoms. The zero-order chi connectivity index (χ0) is 24.2. The second-order valence-electron chi connectivity index (χ2n) is 8.10. The molecule has 3 aromatic rings. The first kappa shape index (κ1) is 25.3. The molecule has 0 saturated carbocycles. The minimum atomic E-state index is -0.666. The van der Waals surface area contributed by atoms with Crippen LogP contribution in [0.3, 0.4) is 0 Å². The second-order valence-corrected chi connectivity index (χ2v) is 8.54. The maximum absolute atomic E-state index is 13.4. The molecule has 3 rings (SSSR count). The number of carbonyl (C=O) groups excluding carboxylic acids is 2. The fourth-order valence-electron chi connectivity index (χ4n) is 3.60. The molecular formula is C28H31ClN2O3. The van der Waals surface area contributed by atoms with E-state index in [1.54, 1.807) is 29.2 Å². The lowest BCUT2D eigenvalue weighted by Gasteiger charge is -2.31. The first-order valence-corrected chi connectivity index (χ1v) is 12.0. The van der Waals surface area contributed by atoms with Gasteiger partial charge in [-0.15, -0.1) is 0 Å². The highest BCUT2D eigenvalue weighted by Crippen LogP contribution is 2.18. The number of unbranched alkanes of at least 4 members (excludes halogenated alkanes) is 1. The van der Waals surface area contributed by atoms with Gasteiger partial charge in [-0.3, -0.25) is 9.59 Å². The Labute approximate surface area is 206 Å². The van der Waals surface area contributed by atoms with Crippen molar-refractivity contribution in [2.45, 2.75) is 38.8 Å². The van der Waals surface area contributed by atoms with Crippen LogP contribution in [0.1, 0.15) is 30.9 Å². The summed E-state index contributed by atoms with van der Waals surface area (Å²) in [6.45, 7) is 2.78. The number of ether oxygens (including phenoxy) is 1. The van der Waals surface area contributed by atoms with Gasteiger partial charge in [-0.05, 0) is 41.8 Å². The Bertz CT molecular complexity index is 1030. The molecule has 2 amide bonds. The molecule has 0 aliphatic heterocycles. The first-order chi connectivity index (χ1) is 16.6. The van der Waals surface area contributed by atoms with Crippen LogP contribution >= 0.6 is 11.6 Å². The van der Waals surface area contributed by atoms with Crippen LogP contribution in [0, 0.1) is 0 Å². The number of rotatable bonds is 12. The van der Waals surface area contributed by atoms with Gasteiger partial charge in [0.2, 0.25) is 5.91 Å². The standard InChI is InChI=1S/C28H31ClN2O3/c1-2-3-18-30-28(33)26(19-22-10-6-4-7-11-22)31(20-23-12-8-5-9-13-23)27(32)21-34-25-16-14-24(29)15-17-25/h4-17,26H,2-3,18-21H2,1H3,(H,30,33). The maximum atomic E-state index is 13.4. The van der Waals surface area contributed by atoms with E-state index < -0.39 is 6.04 Å². The summed E-state index contributed by atoms with van der Waals surface area (Å²) in [5.74, 6) is 0.128. The van der Waals surface area contributed by atoms with Gasteiger partial charge in [0, 0.05) is 24.5 Å². The van der Waals surface area contributed by atoms with Gasteiger partial charge in [0.05, 0.1) is 0 Å². The fourth-order valence-corrected chi connectivity index (χ4v) is 3.73. The topological polar surface area (TPSA) is 58.6 Å². The van der Waals surface area contributed by atoms with Crippen molar-refractivity contribution in [2.75, 3.05) is 13.2 Å². The Morgan fingerprint density at radius 3 is 2.15 bits per heavy atom. The molecule has 1 unspecified atom stereocenters. The molecule has 0 aliphatic rings. The minimum absolute atomic E-state index is 0.159. The zero-order valence-corrected chi connectivity index (χ0v) is 20.2. The van der Waals surface area contributed by atoms with Crippen LogP contribution in [0.15, 0.2) is 84.9 Å². The van der Waals surface area contributed by atoms with Crippen molar-refractivity contribution in [1.29, 1.82) is 0 Å². The fraction of sp³-hybridized carbons (Fsp3) is 0.286. The summed E-state index contributed by atoms with van der Waals surface area (Å²) in [4.78, 5) is 28.4. The van der Waals surface area contributed by atoms with E-state index in [1.807, 2.05) is 60.7 Å². The van der Waals surface area contributed by atoms with E-state index in [9.17, 15) is 9.59 Å². The molecule has 0 saturated heterocycles. The summed E-state index contributed by atoms with van der Waals surface area (Å²) >= 11 is 5.95. The lowest BCUT2D eigenvalue weighted by molar-refractivity contribution is -0.142. The predicted octanol–water partition coefficient (Wildman–Crippen LogP) is 5.28. The Balaban J connectivity index is 1.85. The molecule has 0 aliphatic carbocycles. The highest BCUT2D eigenvalue weighted by atomic mass is 35.5. The van der Waals surface area contributed by atoms with E-state index in [0.29, 0.717) is 30.3 Å². The van der Waals surface area contributed by atoms with Crippen molar-refractivity contribution in [3.05, 3.63) is 101 Å². The van der Waals surface area contributed by atoms with Crippen molar-refractivity contribution in [3.8, 4) is 5.75 Å². The minimum Gasteiger partial charge on any atom is -0.484 e. The smallest absolute Gasteiger partial charge is 0.261 e. The number of nitrogens with one attached hydrogen (secondary N) is 1. The Morgan fingerprint density at radius 1 is 0.912 bits per heavy atom. The lowest BCUT2D eigenvalue weighted by atomic mass is 10.0. The van der Waals surface area contributed by atoms with Crippen LogP contribution in [0.2, 0.25) is 5.02 Å². The van der Waals surface area contributed by atoms with Crippen LogP contribution in [-0.4, -0.2) is 35.9 Å². The number of benzene rings is 3. The summed E-state index contributed by atoms with van der Waals surface area (Å²) in [5.41, 5.74) is 1.93. The molecule has 1 N–H and O–H groups in total. The predicted molar refractivity (Wildman–Crippen MR) is 136 cm³/mol. The summed E-state index contributed by atoms with van der Waals surface area (Å²) < 4.78 is 5.74. The molecule has 0 aromatic heterocycles. The average molecular weight is 479 g/mol. The van der Waals surface area contributed by atoms with Crippen molar-refractivity contribution in [3.63, 3.8) is 0 Å². The van der Waals surface area contributed by atoms with Gasteiger partial charge in [-0.1, -0.05) is 85.6 Å². The molecule has 0 radical (unpaired) electrons. The number of carbonyl (C=O) groups is 2. The van der Waals surface area contributed by atoms with E-state index in [-0.39, 0.29) is 18.4 Å². The normalized spacial score (nSPS) is 11.5. The number of halogens is 1. The number of hydrogen-bond acceptors (Lipinski definition) is 3. The van der Waals surface area contributed by atoms with Gasteiger partial charge in [0.25, 0.3) is 5.91 Å². The van der Waals surface area contributed by atoms with Gasteiger partial charge in [-0.2, -0.15) is 0 Å². The van der Waals surface area contributed by atoms with Crippen LogP contribution in [-0.2, 0) is 22.6 Å². The maximum Gasteiger partial charge on any atom is 0.261 e. The molecule has 0 bridgehead atoms. The number of nitrogens with zero attached hydrogens (tertiary/aromatic N) is 1. The van der Waals surface area contributed by atoms with Crippen molar-refractivity contribution < 1.29 is 14.3 Å². The van der Waals surface area contributed by atoms with E-state index in [4.69, 9.17) is 16.3 Å². The number of amides is 2. The zero-order valence-electron chi connectivity index (χ0n) is 19.5. The monoisotopic (exact) mass is 478 g/mol. The molecule has 0 spiro atoms. The quantitative estimate of drug-likeness (QED) is 0.360. The molecule has 34 heavy (non-hydrogen) atoms. The van der Waals surface area contributed by atoms with Crippen LogP contribution in [0.4, 0.5) is 0 Å². The molecule has 5 nitrogen and oxygen atoms in total. The van der Waals surface area contributed by atoms with Gasteiger partial charge in [0.1, 0.15) is 11.8 Å². The number of hydrogen-bond donors (Lipinski definition) is 1. The van der Waals surface area contributed by atoms with Crippen molar-refractivity contribution >= 4 is 23.4 Å². The summed E-state index contributed by atoms with van der Waals surface area (Å²) in [6, 6.07) is 25.6. The highest BCUT2D eigenvalue weighted by Gasteiger charge is 2.30. The lowest BCUT2D eigenvalue weighted by Crippen LogP contribution is -2.51. The van der Waals surface area contributed by atoms with Crippen LogP contribution < -0.4 is 10.1 Å². The molecule has 1 atom stereocenters. The van der Waals surface area contributed by atoms with Gasteiger partial charge >= 0.3 is 0 Å². The Kier molecular flexibility index (Phi) is 9.98. The van der Waals surface area contributed by atoms with Gasteiger partial charge in [-0.25, -0.2) is 0 Å². The SMILES string of the molecule is CCCCNC(=O)C(Cc1ccccc1)N(Cc1ccccc1)C(=O)COc1ccc(Cl)cc1.